The molecule has 1 amide bonds. The van der Waals surface area contributed by atoms with Crippen molar-refractivity contribution in [1.29, 1.82) is 0 Å². The molecule has 0 unspecified atom stereocenters. The Balaban J connectivity index is 1.50. The molecule has 23 heavy (non-hydrogen) atoms. The Hall–Kier alpha value is -1.55. The van der Waals surface area contributed by atoms with E-state index in [0.29, 0.717) is 17.9 Å². The van der Waals surface area contributed by atoms with E-state index in [1.807, 2.05) is 12.1 Å². The van der Waals surface area contributed by atoms with Crippen molar-refractivity contribution in [3.8, 4) is 0 Å². The molecule has 2 fully saturated rings. The van der Waals surface area contributed by atoms with Crippen LogP contribution in [0.5, 0.6) is 0 Å². The molecule has 2 aromatic rings. The van der Waals surface area contributed by atoms with Gasteiger partial charge in [0.05, 0.1) is 12.3 Å². The Morgan fingerprint density at radius 3 is 2.61 bits per heavy atom. The van der Waals surface area contributed by atoms with Crippen molar-refractivity contribution in [2.45, 2.75) is 44.2 Å². The van der Waals surface area contributed by atoms with Gasteiger partial charge >= 0.3 is 0 Å². The van der Waals surface area contributed by atoms with Crippen molar-refractivity contribution in [1.82, 2.24) is 4.90 Å². The highest BCUT2D eigenvalue weighted by Gasteiger charge is 2.49. The van der Waals surface area contributed by atoms with Crippen LogP contribution in [0.25, 0.3) is 0 Å². The van der Waals surface area contributed by atoms with Gasteiger partial charge in [-0.1, -0.05) is 28.1 Å². The highest BCUT2D eigenvalue weighted by Crippen LogP contribution is 2.50. The van der Waals surface area contributed by atoms with Crippen LogP contribution in [-0.4, -0.2) is 16.8 Å². The predicted octanol–water partition coefficient (Wildman–Crippen LogP) is 4.90. The van der Waals surface area contributed by atoms with E-state index < -0.39 is 0 Å². The molecular weight excluding hydrogens is 354 g/mol. The maximum absolute atomic E-state index is 13.0. The van der Waals surface area contributed by atoms with Gasteiger partial charge in [-0.3, -0.25) is 4.79 Å². The number of furan rings is 1. The highest BCUT2D eigenvalue weighted by atomic mass is 79.9. The van der Waals surface area contributed by atoms with Crippen LogP contribution in [0.15, 0.2) is 51.6 Å². The Morgan fingerprint density at radius 2 is 2.00 bits per heavy atom. The Kier molecular flexibility index (Phi) is 3.80. The summed E-state index contributed by atoms with van der Waals surface area (Å²) in [6.07, 6.45) is 4.89. The maximum atomic E-state index is 13.0. The van der Waals surface area contributed by atoms with E-state index in [9.17, 15) is 4.79 Å². The minimum atomic E-state index is 0.0242. The lowest BCUT2D eigenvalue weighted by atomic mass is 10.1. The van der Waals surface area contributed by atoms with Crippen molar-refractivity contribution in [3.63, 3.8) is 0 Å². The SMILES string of the molecule is C[C@H](c1ccco1)N(C(=O)[C@@H]1C[C@@H]1c1ccc(Br)cc1)C1CC1. The number of halogens is 1. The Morgan fingerprint density at radius 1 is 1.26 bits per heavy atom. The van der Waals surface area contributed by atoms with Crippen molar-refractivity contribution >= 4 is 21.8 Å². The lowest BCUT2D eigenvalue weighted by molar-refractivity contribution is -0.136. The molecule has 3 nitrogen and oxygen atoms in total. The summed E-state index contributed by atoms with van der Waals surface area (Å²) in [6, 6.07) is 12.6. The molecule has 1 aromatic carbocycles. The number of hydrogen-bond acceptors (Lipinski definition) is 2. The molecule has 4 heteroatoms. The normalized spacial score (nSPS) is 24.3. The fourth-order valence-corrected chi connectivity index (χ4v) is 3.71. The zero-order valence-electron chi connectivity index (χ0n) is 13.1. The van der Waals surface area contributed by atoms with Crippen LogP contribution in [0.3, 0.4) is 0 Å². The largest absolute Gasteiger partial charge is 0.467 e. The average molecular weight is 374 g/mol. The van der Waals surface area contributed by atoms with Gasteiger partial charge in [0.2, 0.25) is 5.91 Å². The smallest absolute Gasteiger partial charge is 0.227 e. The fraction of sp³-hybridized carbons (Fsp3) is 0.421. The standard InChI is InChI=1S/C19H20BrNO2/c1-12(18-3-2-10-23-18)21(15-8-9-15)19(22)17-11-16(17)13-4-6-14(20)7-5-13/h2-7,10,12,15-17H,8-9,11H2,1H3/t12-,16-,17-/m1/s1. The minimum absolute atomic E-state index is 0.0242. The summed E-state index contributed by atoms with van der Waals surface area (Å²) in [5.74, 6) is 1.69. The second kappa shape index (κ2) is 5.82. The number of carbonyl (C=O) groups excluding carboxylic acids is 1. The molecule has 2 aliphatic carbocycles. The second-order valence-corrected chi connectivity index (χ2v) is 7.58. The van der Waals surface area contributed by atoms with E-state index in [0.717, 1.165) is 29.5 Å². The van der Waals surface area contributed by atoms with Crippen molar-refractivity contribution in [2.24, 2.45) is 5.92 Å². The minimum Gasteiger partial charge on any atom is -0.467 e. The molecular formula is C19H20BrNO2. The number of amides is 1. The van der Waals surface area contributed by atoms with E-state index in [-0.39, 0.29) is 12.0 Å². The third-order valence-corrected chi connectivity index (χ3v) is 5.50. The predicted molar refractivity (Wildman–Crippen MR) is 92.0 cm³/mol. The summed E-state index contributed by atoms with van der Waals surface area (Å²) in [5, 5.41) is 0. The van der Waals surface area contributed by atoms with E-state index in [4.69, 9.17) is 4.42 Å². The summed E-state index contributed by atoms with van der Waals surface area (Å²) in [5.41, 5.74) is 1.27. The maximum Gasteiger partial charge on any atom is 0.227 e. The lowest BCUT2D eigenvalue weighted by Gasteiger charge is -2.28. The summed E-state index contributed by atoms with van der Waals surface area (Å²) < 4.78 is 6.61. The molecule has 1 aromatic heterocycles. The number of carbonyl (C=O) groups is 1. The molecule has 0 spiro atoms. The summed E-state index contributed by atoms with van der Waals surface area (Å²) in [7, 11) is 0. The third-order valence-electron chi connectivity index (χ3n) is 4.97. The van der Waals surface area contributed by atoms with Gasteiger partial charge in [0, 0.05) is 16.4 Å². The lowest BCUT2D eigenvalue weighted by Crippen LogP contribution is -2.36. The molecule has 2 saturated carbocycles. The van der Waals surface area contributed by atoms with Crippen molar-refractivity contribution in [3.05, 3.63) is 58.5 Å². The summed E-state index contributed by atoms with van der Waals surface area (Å²) in [4.78, 5) is 15.1. The molecule has 0 bridgehead atoms. The van der Waals surface area contributed by atoms with Crippen molar-refractivity contribution in [2.75, 3.05) is 0 Å². The van der Waals surface area contributed by atoms with Crippen LogP contribution >= 0.6 is 15.9 Å². The van der Waals surface area contributed by atoms with Crippen LogP contribution in [0.2, 0.25) is 0 Å². The topological polar surface area (TPSA) is 33.5 Å². The van der Waals surface area contributed by atoms with Crippen LogP contribution in [-0.2, 0) is 4.79 Å². The average Bonchev–Trinajstić information content (AvgIpc) is 3.47. The fourth-order valence-electron chi connectivity index (χ4n) is 3.44. The van der Waals surface area contributed by atoms with Gasteiger partial charge in [0.15, 0.2) is 0 Å². The summed E-state index contributed by atoms with van der Waals surface area (Å²) in [6.45, 7) is 2.08. The Bertz CT molecular complexity index is 691. The first-order valence-corrected chi connectivity index (χ1v) is 9.05. The second-order valence-electron chi connectivity index (χ2n) is 6.67. The molecule has 3 atom stereocenters. The van der Waals surface area contributed by atoms with Crippen molar-refractivity contribution < 1.29 is 9.21 Å². The third kappa shape index (κ3) is 2.97. The van der Waals surface area contributed by atoms with E-state index in [2.05, 4.69) is 52.0 Å². The highest BCUT2D eigenvalue weighted by molar-refractivity contribution is 9.10. The summed E-state index contributed by atoms with van der Waals surface area (Å²) >= 11 is 3.47. The van der Waals surface area contributed by atoms with Crippen LogP contribution in [0.4, 0.5) is 0 Å². The molecule has 0 saturated heterocycles. The number of rotatable bonds is 5. The van der Waals surface area contributed by atoms with E-state index in [1.54, 1.807) is 6.26 Å². The first-order chi connectivity index (χ1) is 11.1. The first kappa shape index (κ1) is 15.0. The van der Waals surface area contributed by atoms with Crippen LogP contribution in [0.1, 0.15) is 49.5 Å². The molecule has 0 aliphatic heterocycles. The van der Waals surface area contributed by atoms with Gasteiger partial charge in [-0.05, 0) is 61.9 Å². The van der Waals surface area contributed by atoms with Gasteiger partial charge in [0.1, 0.15) is 5.76 Å². The Labute approximate surface area is 144 Å². The van der Waals surface area contributed by atoms with Crippen LogP contribution < -0.4 is 0 Å². The number of nitrogens with zero attached hydrogens (tertiary/aromatic N) is 1. The molecule has 1 heterocycles. The monoisotopic (exact) mass is 373 g/mol. The van der Waals surface area contributed by atoms with Gasteiger partial charge in [-0.15, -0.1) is 0 Å². The zero-order valence-corrected chi connectivity index (χ0v) is 14.7. The van der Waals surface area contributed by atoms with Gasteiger partial charge in [-0.25, -0.2) is 0 Å². The van der Waals surface area contributed by atoms with Gasteiger partial charge in [-0.2, -0.15) is 0 Å². The quantitative estimate of drug-likeness (QED) is 0.746. The van der Waals surface area contributed by atoms with Crippen LogP contribution in [0, 0.1) is 5.92 Å². The molecule has 120 valence electrons. The number of benzene rings is 1. The van der Waals surface area contributed by atoms with Gasteiger partial charge < -0.3 is 9.32 Å². The zero-order chi connectivity index (χ0) is 16.0. The number of hydrogen-bond donors (Lipinski definition) is 0. The van der Waals surface area contributed by atoms with E-state index >= 15 is 0 Å². The molecule has 0 radical (unpaired) electrons. The molecule has 0 N–H and O–H groups in total. The van der Waals surface area contributed by atoms with E-state index in [1.165, 1.54) is 5.56 Å². The molecule has 2 aliphatic rings. The first-order valence-electron chi connectivity index (χ1n) is 8.26. The van der Waals surface area contributed by atoms with Gasteiger partial charge in [0.25, 0.3) is 0 Å². The molecule has 4 rings (SSSR count).